The van der Waals surface area contributed by atoms with Crippen molar-refractivity contribution in [1.29, 1.82) is 0 Å². The molecule has 1 saturated heterocycles. The number of rotatable bonds is 3. The number of nitrogens with zero attached hydrogens (tertiary/aromatic N) is 1. The van der Waals surface area contributed by atoms with E-state index in [1.807, 2.05) is 13.8 Å². The summed E-state index contributed by atoms with van der Waals surface area (Å²) in [5.74, 6) is -1.70. The SMILES string of the molecule is CCC1=C2CN(S(=O)(=O)c3ccc(C)cc3)C[C@@H]2Cc2cc(F)c(F)cc21. The zero-order valence-electron chi connectivity index (χ0n) is 15.3. The summed E-state index contributed by atoms with van der Waals surface area (Å²) in [4.78, 5) is 0.278. The zero-order valence-corrected chi connectivity index (χ0v) is 16.1. The standard InChI is InChI=1S/C21H21F2NO2S/c1-3-17-18-10-21(23)20(22)9-14(18)8-15-11-24(12-19(15)17)27(25,26)16-6-4-13(2)5-7-16/h4-7,9-10,15H,3,8,11-12H2,1-2H3/t15-/m0/s1. The molecule has 142 valence electrons. The zero-order chi connectivity index (χ0) is 19.3. The average Bonchev–Trinajstić information content (AvgIpc) is 3.06. The summed E-state index contributed by atoms with van der Waals surface area (Å²) < 4.78 is 55.1. The van der Waals surface area contributed by atoms with Crippen molar-refractivity contribution in [2.24, 2.45) is 5.92 Å². The maximum atomic E-state index is 13.8. The van der Waals surface area contributed by atoms with Crippen LogP contribution in [0.15, 0.2) is 46.9 Å². The number of aryl methyl sites for hydroxylation is 1. The number of fused-ring (bicyclic) bond motifs is 2. The van der Waals surface area contributed by atoms with E-state index in [-0.39, 0.29) is 10.8 Å². The highest BCUT2D eigenvalue weighted by Crippen LogP contribution is 2.42. The number of halogens is 2. The van der Waals surface area contributed by atoms with Gasteiger partial charge < -0.3 is 0 Å². The van der Waals surface area contributed by atoms with Gasteiger partial charge in [0.1, 0.15) is 0 Å². The minimum atomic E-state index is -3.60. The van der Waals surface area contributed by atoms with E-state index in [4.69, 9.17) is 0 Å². The van der Waals surface area contributed by atoms with Gasteiger partial charge >= 0.3 is 0 Å². The van der Waals surface area contributed by atoms with Crippen LogP contribution in [0, 0.1) is 24.5 Å². The molecule has 0 saturated carbocycles. The second-order valence-corrected chi connectivity index (χ2v) is 9.23. The van der Waals surface area contributed by atoms with Gasteiger partial charge in [-0.3, -0.25) is 0 Å². The molecule has 2 aliphatic rings. The first kappa shape index (κ1) is 18.3. The Morgan fingerprint density at radius 1 is 1.11 bits per heavy atom. The molecule has 1 aliphatic carbocycles. The van der Waals surface area contributed by atoms with E-state index in [1.54, 1.807) is 24.3 Å². The van der Waals surface area contributed by atoms with Crippen LogP contribution in [0.2, 0.25) is 0 Å². The second kappa shape index (κ2) is 6.53. The monoisotopic (exact) mass is 389 g/mol. The molecule has 3 nitrogen and oxygen atoms in total. The van der Waals surface area contributed by atoms with Crippen molar-refractivity contribution in [3.8, 4) is 0 Å². The Labute approximate surface area is 158 Å². The Morgan fingerprint density at radius 2 is 1.78 bits per heavy atom. The minimum absolute atomic E-state index is 0.0116. The fourth-order valence-corrected chi connectivity index (χ4v) is 5.67. The minimum Gasteiger partial charge on any atom is -0.207 e. The Morgan fingerprint density at radius 3 is 2.44 bits per heavy atom. The van der Waals surface area contributed by atoms with Crippen LogP contribution in [0.3, 0.4) is 0 Å². The highest BCUT2D eigenvalue weighted by molar-refractivity contribution is 7.89. The van der Waals surface area contributed by atoms with Crippen LogP contribution in [0.5, 0.6) is 0 Å². The molecule has 0 aromatic heterocycles. The fraction of sp³-hybridized carbons (Fsp3) is 0.333. The Bertz CT molecular complexity index is 1040. The van der Waals surface area contributed by atoms with E-state index in [0.29, 0.717) is 25.9 Å². The van der Waals surface area contributed by atoms with E-state index in [0.717, 1.165) is 27.8 Å². The lowest BCUT2D eigenvalue weighted by Crippen LogP contribution is -2.29. The molecule has 1 heterocycles. The molecule has 0 bridgehead atoms. The summed E-state index contributed by atoms with van der Waals surface area (Å²) in [6.07, 6.45) is 1.19. The number of allylic oxidation sites excluding steroid dienone is 1. The summed E-state index contributed by atoms with van der Waals surface area (Å²) >= 11 is 0. The molecule has 2 aromatic carbocycles. The molecule has 0 unspecified atom stereocenters. The first-order valence-corrected chi connectivity index (χ1v) is 10.5. The number of hydrogen-bond acceptors (Lipinski definition) is 2. The number of sulfonamides is 1. The van der Waals surface area contributed by atoms with Gasteiger partial charge in [0, 0.05) is 13.1 Å². The van der Waals surface area contributed by atoms with Crippen molar-refractivity contribution in [3.05, 3.63) is 70.3 Å². The van der Waals surface area contributed by atoms with Crippen LogP contribution < -0.4 is 0 Å². The summed E-state index contributed by atoms with van der Waals surface area (Å²) in [6, 6.07) is 9.34. The van der Waals surface area contributed by atoms with Crippen molar-refractivity contribution >= 4 is 15.6 Å². The Kier molecular flexibility index (Phi) is 4.43. The third kappa shape index (κ3) is 3.01. The molecule has 0 spiro atoms. The Hall–Kier alpha value is -2.05. The predicted octanol–water partition coefficient (Wildman–Crippen LogP) is 4.31. The van der Waals surface area contributed by atoms with Crippen molar-refractivity contribution in [2.45, 2.75) is 31.6 Å². The molecular formula is C21H21F2NO2S. The van der Waals surface area contributed by atoms with Crippen LogP contribution in [-0.4, -0.2) is 25.8 Å². The van der Waals surface area contributed by atoms with E-state index >= 15 is 0 Å². The molecule has 27 heavy (non-hydrogen) atoms. The van der Waals surface area contributed by atoms with Crippen LogP contribution in [0.25, 0.3) is 5.57 Å². The molecule has 1 atom stereocenters. The van der Waals surface area contributed by atoms with Crippen molar-refractivity contribution < 1.29 is 17.2 Å². The van der Waals surface area contributed by atoms with Gasteiger partial charge in [0.05, 0.1) is 4.90 Å². The van der Waals surface area contributed by atoms with Gasteiger partial charge in [0.25, 0.3) is 0 Å². The van der Waals surface area contributed by atoms with Gasteiger partial charge in [-0.2, -0.15) is 4.31 Å². The third-order valence-corrected chi connectivity index (χ3v) is 7.43. The van der Waals surface area contributed by atoms with E-state index in [9.17, 15) is 17.2 Å². The molecule has 6 heteroatoms. The smallest absolute Gasteiger partial charge is 0.207 e. The molecule has 1 aliphatic heterocycles. The summed E-state index contributed by atoms with van der Waals surface area (Å²) in [6.45, 7) is 4.55. The maximum Gasteiger partial charge on any atom is 0.243 e. The lowest BCUT2D eigenvalue weighted by molar-refractivity contribution is 0.455. The largest absolute Gasteiger partial charge is 0.243 e. The Balaban J connectivity index is 1.73. The fourth-order valence-electron chi connectivity index (χ4n) is 4.21. The third-order valence-electron chi connectivity index (χ3n) is 5.60. The van der Waals surface area contributed by atoms with Crippen LogP contribution in [0.4, 0.5) is 8.78 Å². The first-order chi connectivity index (χ1) is 12.8. The molecule has 0 N–H and O–H groups in total. The van der Waals surface area contributed by atoms with E-state index in [2.05, 4.69) is 0 Å². The highest BCUT2D eigenvalue weighted by atomic mass is 32.2. The average molecular weight is 389 g/mol. The molecular weight excluding hydrogens is 368 g/mol. The number of benzene rings is 2. The predicted molar refractivity (Wildman–Crippen MR) is 101 cm³/mol. The molecule has 2 aromatic rings. The van der Waals surface area contributed by atoms with E-state index in [1.165, 1.54) is 16.4 Å². The van der Waals surface area contributed by atoms with E-state index < -0.39 is 21.7 Å². The van der Waals surface area contributed by atoms with Crippen molar-refractivity contribution in [3.63, 3.8) is 0 Å². The van der Waals surface area contributed by atoms with Gasteiger partial charge in [0.15, 0.2) is 11.6 Å². The normalized spacial score (nSPS) is 19.9. The number of hydrogen-bond donors (Lipinski definition) is 0. The van der Waals surface area contributed by atoms with Crippen molar-refractivity contribution in [1.82, 2.24) is 4.31 Å². The summed E-state index contributed by atoms with van der Waals surface area (Å²) in [5.41, 5.74) is 4.46. The van der Waals surface area contributed by atoms with Gasteiger partial charge in [-0.05, 0) is 72.2 Å². The topological polar surface area (TPSA) is 37.4 Å². The van der Waals surface area contributed by atoms with Gasteiger partial charge in [0.2, 0.25) is 10.0 Å². The van der Waals surface area contributed by atoms with Crippen LogP contribution in [-0.2, 0) is 16.4 Å². The maximum absolute atomic E-state index is 13.8. The highest BCUT2D eigenvalue weighted by Gasteiger charge is 2.39. The van der Waals surface area contributed by atoms with Crippen LogP contribution >= 0.6 is 0 Å². The molecule has 4 rings (SSSR count). The van der Waals surface area contributed by atoms with Gasteiger partial charge in [-0.1, -0.05) is 24.6 Å². The lowest BCUT2D eigenvalue weighted by Gasteiger charge is -2.25. The van der Waals surface area contributed by atoms with Gasteiger partial charge in [-0.25, -0.2) is 17.2 Å². The summed E-state index contributed by atoms with van der Waals surface area (Å²) in [5, 5.41) is 0. The quantitative estimate of drug-likeness (QED) is 0.784. The second-order valence-electron chi connectivity index (χ2n) is 7.29. The molecule has 1 fully saturated rings. The van der Waals surface area contributed by atoms with Gasteiger partial charge in [-0.15, -0.1) is 0 Å². The molecule has 0 amide bonds. The summed E-state index contributed by atoms with van der Waals surface area (Å²) in [7, 11) is -3.60. The van der Waals surface area contributed by atoms with Crippen molar-refractivity contribution in [2.75, 3.05) is 13.1 Å². The van der Waals surface area contributed by atoms with Crippen LogP contribution in [0.1, 0.15) is 30.0 Å². The molecule has 0 radical (unpaired) electrons. The first-order valence-electron chi connectivity index (χ1n) is 9.08. The lowest BCUT2D eigenvalue weighted by atomic mass is 9.79.